The Balaban J connectivity index is 2.27. The predicted molar refractivity (Wildman–Crippen MR) is 39.0 cm³/mol. The van der Waals surface area contributed by atoms with E-state index in [9.17, 15) is 9.59 Å². The zero-order valence-electron chi connectivity index (χ0n) is 6.58. The summed E-state index contributed by atoms with van der Waals surface area (Å²) in [7, 11) is 0. The summed E-state index contributed by atoms with van der Waals surface area (Å²) in [4.78, 5) is 21.0. The van der Waals surface area contributed by atoms with Crippen LogP contribution in [0.3, 0.4) is 0 Å². The van der Waals surface area contributed by atoms with E-state index in [-0.39, 0.29) is 18.0 Å². The summed E-state index contributed by atoms with van der Waals surface area (Å²) < 4.78 is 4.97. The van der Waals surface area contributed by atoms with E-state index >= 15 is 0 Å². The van der Waals surface area contributed by atoms with Crippen LogP contribution >= 0.6 is 0 Å². The fraction of sp³-hybridized carbons (Fsp3) is 0.750. The molecular formula is C8H12O3. The Hall–Kier alpha value is -0.860. The maximum atomic E-state index is 10.7. The van der Waals surface area contributed by atoms with Crippen molar-refractivity contribution in [3.05, 3.63) is 0 Å². The highest BCUT2D eigenvalue weighted by molar-refractivity contribution is 5.70. The SMILES string of the molecule is CCC(=O)OC1CCC1C=O. The maximum absolute atomic E-state index is 10.7. The lowest BCUT2D eigenvalue weighted by molar-refractivity contribution is -0.158. The summed E-state index contributed by atoms with van der Waals surface area (Å²) in [6, 6.07) is 0. The molecule has 0 aliphatic heterocycles. The first-order valence-corrected chi connectivity index (χ1v) is 3.92. The Morgan fingerprint density at radius 1 is 1.64 bits per heavy atom. The summed E-state index contributed by atoms with van der Waals surface area (Å²) in [5.41, 5.74) is 0. The van der Waals surface area contributed by atoms with Gasteiger partial charge in [-0.3, -0.25) is 4.79 Å². The molecule has 3 nitrogen and oxygen atoms in total. The van der Waals surface area contributed by atoms with Crippen LogP contribution in [-0.4, -0.2) is 18.4 Å². The summed E-state index contributed by atoms with van der Waals surface area (Å²) >= 11 is 0. The van der Waals surface area contributed by atoms with Crippen LogP contribution in [0.2, 0.25) is 0 Å². The average molecular weight is 156 g/mol. The van der Waals surface area contributed by atoms with Crippen molar-refractivity contribution in [2.75, 3.05) is 0 Å². The average Bonchev–Trinajstić information content (AvgIpc) is 1.98. The van der Waals surface area contributed by atoms with Crippen molar-refractivity contribution in [3.63, 3.8) is 0 Å². The van der Waals surface area contributed by atoms with Crippen molar-refractivity contribution in [3.8, 4) is 0 Å². The molecule has 0 aromatic heterocycles. The van der Waals surface area contributed by atoms with Crippen LogP contribution in [-0.2, 0) is 14.3 Å². The van der Waals surface area contributed by atoms with E-state index in [1.807, 2.05) is 0 Å². The van der Waals surface area contributed by atoms with Crippen molar-refractivity contribution in [1.82, 2.24) is 0 Å². The zero-order valence-corrected chi connectivity index (χ0v) is 6.58. The van der Waals surface area contributed by atoms with Crippen LogP contribution in [0, 0.1) is 5.92 Å². The van der Waals surface area contributed by atoms with E-state index in [2.05, 4.69) is 0 Å². The van der Waals surface area contributed by atoms with Gasteiger partial charge < -0.3 is 9.53 Å². The molecule has 0 saturated heterocycles. The van der Waals surface area contributed by atoms with Crippen molar-refractivity contribution < 1.29 is 14.3 Å². The molecule has 1 fully saturated rings. The lowest BCUT2D eigenvalue weighted by Crippen LogP contribution is -2.36. The maximum Gasteiger partial charge on any atom is 0.305 e. The minimum absolute atomic E-state index is 0.0366. The standard InChI is InChI=1S/C8H12O3/c1-2-8(10)11-7-4-3-6(7)5-9/h5-7H,2-4H2,1H3. The van der Waals surface area contributed by atoms with Gasteiger partial charge in [-0.1, -0.05) is 6.92 Å². The highest BCUT2D eigenvalue weighted by atomic mass is 16.5. The third kappa shape index (κ3) is 1.79. The van der Waals surface area contributed by atoms with Gasteiger partial charge >= 0.3 is 5.97 Å². The summed E-state index contributed by atoms with van der Waals surface area (Å²) in [5.74, 6) is -0.243. The van der Waals surface area contributed by atoms with Crippen molar-refractivity contribution >= 4 is 12.3 Å². The van der Waals surface area contributed by atoms with Gasteiger partial charge in [-0.05, 0) is 12.8 Å². The number of rotatable bonds is 3. The van der Waals surface area contributed by atoms with Gasteiger partial charge in [-0.25, -0.2) is 0 Å². The lowest BCUT2D eigenvalue weighted by Gasteiger charge is -2.31. The van der Waals surface area contributed by atoms with Gasteiger partial charge in [0.05, 0.1) is 5.92 Å². The second-order valence-electron chi connectivity index (χ2n) is 2.76. The first-order valence-electron chi connectivity index (χ1n) is 3.92. The van der Waals surface area contributed by atoms with Crippen LogP contribution < -0.4 is 0 Å². The zero-order chi connectivity index (χ0) is 8.27. The molecule has 1 aliphatic rings. The Morgan fingerprint density at radius 3 is 2.73 bits per heavy atom. The first kappa shape index (κ1) is 8.24. The first-order chi connectivity index (χ1) is 5.27. The molecule has 0 bridgehead atoms. The minimum Gasteiger partial charge on any atom is -0.462 e. The fourth-order valence-corrected chi connectivity index (χ4v) is 1.05. The molecule has 0 heterocycles. The Kier molecular flexibility index (Phi) is 2.63. The molecule has 0 aromatic carbocycles. The van der Waals surface area contributed by atoms with Gasteiger partial charge in [0.1, 0.15) is 12.4 Å². The van der Waals surface area contributed by atoms with E-state index in [0.29, 0.717) is 6.42 Å². The molecule has 3 heteroatoms. The van der Waals surface area contributed by atoms with Gasteiger partial charge in [0.25, 0.3) is 0 Å². The van der Waals surface area contributed by atoms with Crippen molar-refractivity contribution in [2.24, 2.45) is 5.92 Å². The molecule has 2 atom stereocenters. The molecule has 1 aliphatic carbocycles. The third-order valence-electron chi connectivity index (χ3n) is 2.01. The van der Waals surface area contributed by atoms with Crippen LogP contribution in [0.15, 0.2) is 0 Å². The topological polar surface area (TPSA) is 43.4 Å². The summed E-state index contributed by atoms with van der Waals surface area (Å²) in [6.45, 7) is 1.75. The van der Waals surface area contributed by atoms with Crippen LogP contribution in [0.1, 0.15) is 26.2 Å². The van der Waals surface area contributed by atoms with Gasteiger partial charge in [0.2, 0.25) is 0 Å². The third-order valence-corrected chi connectivity index (χ3v) is 2.01. The summed E-state index contributed by atoms with van der Waals surface area (Å²) in [5, 5.41) is 0. The fourth-order valence-electron chi connectivity index (χ4n) is 1.05. The second kappa shape index (κ2) is 3.51. The molecule has 0 aromatic rings. The molecule has 0 spiro atoms. The normalized spacial score (nSPS) is 28.8. The van der Waals surface area contributed by atoms with Gasteiger partial charge in [-0.15, -0.1) is 0 Å². The van der Waals surface area contributed by atoms with E-state index in [1.54, 1.807) is 6.92 Å². The Bertz CT molecular complexity index is 165. The molecule has 1 saturated carbocycles. The molecule has 2 unspecified atom stereocenters. The number of carbonyl (C=O) groups is 2. The highest BCUT2D eigenvalue weighted by Gasteiger charge is 2.33. The minimum atomic E-state index is -0.207. The molecule has 0 radical (unpaired) electrons. The monoisotopic (exact) mass is 156 g/mol. The quantitative estimate of drug-likeness (QED) is 0.450. The predicted octanol–water partition coefficient (Wildman–Crippen LogP) is 0.917. The summed E-state index contributed by atoms with van der Waals surface area (Å²) in [6.07, 6.45) is 2.85. The van der Waals surface area contributed by atoms with E-state index in [0.717, 1.165) is 19.1 Å². The van der Waals surface area contributed by atoms with Crippen LogP contribution in [0.4, 0.5) is 0 Å². The smallest absolute Gasteiger partial charge is 0.305 e. The molecule has 11 heavy (non-hydrogen) atoms. The second-order valence-corrected chi connectivity index (χ2v) is 2.76. The number of esters is 1. The van der Waals surface area contributed by atoms with Gasteiger partial charge in [0, 0.05) is 6.42 Å². The van der Waals surface area contributed by atoms with E-state index < -0.39 is 0 Å². The molecule has 1 rings (SSSR count). The molecular weight excluding hydrogens is 144 g/mol. The van der Waals surface area contributed by atoms with E-state index in [1.165, 1.54) is 0 Å². The van der Waals surface area contributed by atoms with E-state index in [4.69, 9.17) is 4.74 Å². The largest absolute Gasteiger partial charge is 0.462 e. The number of carbonyl (C=O) groups excluding carboxylic acids is 2. The van der Waals surface area contributed by atoms with Gasteiger partial charge in [-0.2, -0.15) is 0 Å². The number of hydrogen-bond acceptors (Lipinski definition) is 3. The lowest BCUT2D eigenvalue weighted by atomic mass is 9.83. The van der Waals surface area contributed by atoms with Gasteiger partial charge in [0.15, 0.2) is 0 Å². The van der Waals surface area contributed by atoms with Crippen LogP contribution in [0.5, 0.6) is 0 Å². The molecule has 62 valence electrons. The van der Waals surface area contributed by atoms with Crippen molar-refractivity contribution in [2.45, 2.75) is 32.3 Å². The van der Waals surface area contributed by atoms with Crippen molar-refractivity contribution in [1.29, 1.82) is 0 Å². The number of hydrogen-bond donors (Lipinski definition) is 0. The molecule has 0 N–H and O–H groups in total. The number of aldehydes is 1. The van der Waals surface area contributed by atoms with Crippen LogP contribution in [0.25, 0.3) is 0 Å². The molecule has 0 amide bonds. The Morgan fingerprint density at radius 2 is 2.36 bits per heavy atom. The highest BCUT2D eigenvalue weighted by Crippen LogP contribution is 2.28. The Labute approximate surface area is 65.7 Å². The number of ether oxygens (including phenoxy) is 1.